The van der Waals surface area contributed by atoms with Crippen molar-refractivity contribution >= 4 is 16.8 Å². The maximum Gasteiger partial charge on any atom is 0.253 e. The quantitative estimate of drug-likeness (QED) is 0.189. The molecule has 3 aromatic carbocycles. The van der Waals surface area contributed by atoms with Crippen LogP contribution in [0.5, 0.6) is 11.5 Å². The Bertz CT molecular complexity index is 1590. The molecule has 2 saturated heterocycles. The van der Waals surface area contributed by atoms with Crippen molar-refractivity contribution in [1.29, 1.82) is 0 Å². The molecule has 3 heterocycles. The number of halogens is 1. The normalized spacial score (nSPS) is 18.5. The number of nitrogens with one attached hydrogen (secondary N) is 1. The number of aromatic nitrogens is 1. The molecule has 0 saturated carbocycles. The Kier molecular flexibility index (Phi) is 9.71. The first-order chi connectivity index (χ1) is 21.8. The highest BCUT2D eigenvalue weighted by molar-refractivity contribution is 6.08. The molecule has 238 valence electrons. The minimum atomic E-state index is -0.246. The number of carbonyl (C=O) groups excluding carboxylic acids is 1. The smallest absolute Gasteiger partial charge is 0.253 e. The second-order valence-corrected chi connectivity index (χ2v) is 12.8. The second kappa shape index (κ2) is 14.0. The van der Waals surface area contributed by atoms with Crippen LogP contribution in [0.4, 0.5) is 4.39 Å². The Balaban J connectivity index is 1.08. The summed E-state index contributed by atoms with van der Waals surface area (Å²) < 4.78 is 27.5. The molecule has 2 atom stereocenters. The molecule has 7 nitrogen and oxygen atoms in total. The SMILES string of the molecule is Cc1cccc(CNC(=O)c2cn(CCCN3C4CCC3CN(CCOc3ccc(F)cc3)C4)c3c(OC(C)C)cccc23)c1. The van der Waals surface area contributed by atoms with E-state index >= 15 is 0 Å². The van der Waals surface area contributed by atoms with Crippen LogP contribution in [0.1, 0.15) is 54.6 Å². The summed E-state index contributed by atoms with van der Waals surface area (Å²) in [7, 11) is 0. The number of amides is 1. The number of benzene rings is 3. The summed E-state index contributed by atoms with van der Waals surface area (Å²) in [6, 6.07) is 21.6. The van der Waals surface area contributed by atoms with Crippen molar-refractivity contribution in [1.82, 2.24) is 19.7 Å². The molecule has 2 fully saturated rings. The molecule has 45 heavy (non-hydrogen) atoms. The number of rotatable bonds is 13. The van der Waals surface area contributed by atoms with Crippen LogP contribution in [0.25, 0.3) is 10.9 Å². The van der Waals surface area contributed by atoms with E-state index in [0.717, 1.165) is 61.4 Å². The maximum atomic E-state index is 13.5. The number of hydrogen-bond donors (Lipinski definition) is 1. The number of likely N-dealkylation sites (tertiary alicyclic amines) is 1. The van der Waals surface area contributed by atoms with Crippen molar-refractivity contribution in [2.24, 2.45) is 0 Å². The Morgan fingerprint density at radius 3 is 2.47 bits per heavy atom. The third-order valence-corrected chi connectivity index (χ3v) is 9.02. The average Bonchev–Trinajstić information content (AvgIpc) is 3.50. The molecule has 6 rings (SSSR count). The fourth-order valence-corrected chi connectivity index (χ4v) is 7.00. The molecule has 1 amide bonds. The van der Waals surface area contributed by atoms with Gasteiger partial charge < -0.3 is 19.4 Å². The molecular weight excluding hydrogens is 567 g/mol. The summed E-state index contributed by atoms with van der Waals surface area (Å²) in [5, 5.41) is 4.06. The van der Waals surface area contributed by atoms with E-state index in [9.17, 15) is 9.18 Å². The minimum absolute atomic E-state index is 0.0329. The van der Waals surface area contributed by atoms with E-state index in [1.165, 1.54) is 30.5 Å². The van der Waals surface area contributed by atoms with Crippen LogP contribution < -0.4 is 14.8 Å². The Morgan fingerprint density at radius 1 is 0.978 bits per heavy atom. The monoisotopic (exact) mass is 612 g/mol. The lowest BCUT2D eigenvalue weighted by Crippen LogP contribution is -2.54. The van der Waals surface area contributed by atoms with E-state index in [2.05, 4.69) is 38.7 Å². The predicted octanol–water partition coefficient (Wildman–Crippen LogP) is 6.42. The van der Waals surface area contributed by atoms with E-state index in [0.29, 0.717) is 36.5 Å². The number of ether oxygens (including phenoxy) is 2. The molecular formula is C37H45FN4O3. The molecule has 0 aliphatic carbocycles. The van der Waals surface area contributed by atoms with Gasteiger partial charge in [-0.15, -0.1) is 0 Å². The standard InChI is InChI=1S/C37H45FN4O3/c1-26(2)45-35-10-5-9-33-34(37(43)39-22-28-8-4-7-27(3)21-28)25-41(36(33)35)17-6-18-42-30-13-14-31(42)24-40(23-30)19-20-44-32-15-11-29(38)12-16-32/h4-5,7-12,15-16,21,25-26,30-31H,6,13-14,17-20,22-24H2,1-3H3,(H,39,43). The van der Waals surface area contributed by atoms with Gasteiger partial charge in [-0.1, -0.05) is 42.0 Å². The van der Waals surface area contributed by atoms with E-state index in [-0.39, 0.29) is 17.8 Å². The first kappa shape index (κ1) is 31.1. The van der Waals surface area contributed by atoms with Crippen LogP contribution >= 0.6 is 0 Å². The topological polar surface area (TPSA) is 59.0 Å². The fourth-order valence-electron chi connectivity index (χ4n) is 7.00. The van der Waals surface area contributed by atoms with Crippen molar-refractivity contribution in [2.75, 3.05) is 32.8 Å². The van der Waals surface area contributed by atoms with Crippen LogP contribution in [-0.2, 0) is 13.1 Å². The first-order valence-corrected chi connectivity index (χ1v) is 16.3. The first-order valence-electron chi connectivity index (χ1n) is 16.3. The molecule has 2 unspecified atom stereocenters. The van der Waals surface area contributed by atoms with Crippen molar-refractivity contribution in [3.05, 3.63) is 95.4 Å². The van der Waals surface area contributed by atoms with E-state index in [1.54, 1.807) is 12.1 Å². The number of para-hydroxylation sites is 1. The minimum Gasteiger partial charge on any atom is -0.492 e. The van der Waals surface area contributed by atoms with Crippen molar-refractivity contribution < 1.29 is 18.7 Å². The van der Waals surface area contributed by atoms with Gasteiger partial charge in [-0.2, -0.15) is 0 Å². The van der Waals surface area contributed by atoms with Gasteiger partial charge in [0.2, 0.25) is 0 Å². The molecule has 0 radical (unpaired) electrons. The number of aryl methyl sites for hydroxylation is 2. The van der Waals surface area contributed by atoms with Crippen molar-refractivity contribution in [3.8, 4) is 11.5 Å². The van der Waals surface area contributed by atoms with E-state index < -0.39 is 0 Å². The van der Waals surface area contributed by atoms with Gasteiger partial charge in [0, 0.05) is 62.9 Å². The zero-order valence-electron chi connectivity index (χ0n) is 26.7. The molecule has 2 aliphatic heterocycles. The van der Waals surface area contributed by atoms with Gasteiger partial charge >= 0.3 is 0 Å². The summed E-state index contributed by atoms with van der Waals surface area (Å²) in [5.41, 5.74) is 3.94. The van der Waals surface area contributed by atoms with Crippen molar-refractivity contribution in [3.63, 3.8) is 0 Å². The van der Waals surface area contributed by atoms with Gasteiger partial charge in [-0.25, -0.2) is 4.39 Å². The maximum absolute atomic E-state index is 13.5. The Morgan fingerprint density at radius 2 is 1.73 bits per heavy atom. The number of hydrogen-bond acceptors (Lipinski definition) is 5. The highest BCUT2D eigenvalue weighted by Crippen LogP contribution is 2.33. The van der Waals surface area contributed by atoms with Crippen LogP contribution in [-0.4, -0.2) is 71.2 Å². The molecule has 1 aromatic heterocycles. The highest BCUT2D eigenvalue weighted by Gasteiger charge is 2.39. The third kappa shape index (κ3) is 7.51. The zero-order chi connectivity index (χ0) is 31.3. The number of piperazine rings is 1. The molecule has 2 aliphatic rings. The van der Waals surface area contributed by atoms with Gasteiger partial charge in [0.25, 0.3) is 5.91 Å². The number of nitrogens with zero attached hydrogens (tertiary/aromatic N) is 3. The summed E-state index contributed by atoms with van der Waals surface area (Å²) in [6.45, 7) is 12.0. The summed E-state index contributed by atoms with van der Waals surface area (Å²) in [6.07, 6.45) is 5.49. The predicted molar refractivity (Wildman–Crippen MR) is 177 cm³/mol. The lowest BCUT2D eigenvalue weighted by atomic mass is 10.1. The molecule has 1 N–H and O–H groups in total. The molecule has 0 spiro atoms. The molecule has 8 heteroatoms. The summed E-state index contributed by atoms with van der Waals surface area (Å²) >= 11 is 0. The van der Waals surface area contributed by atoms with Gasteiger partial charge in [0.1, 0.15) is 23.9 Å². The lowest BCUT2D eigenvalue weighted by Gasteiger charge is -2.41. The Hall–Kier alpha value is -3.88. The summed E-state index contributed by atoms with van der Waals surface area (Å²) in [4.78, 5) is 18.7. The summed E-state index contributed by atoms with van der Waals surface area (Å²) in [5.74, 6) is 1.21. The second-order valence-electron chi connectivity index (χ2n) is 12.8. The van der Waals surface area contributed by atoms with Gasteiger partial charge in [-0.3, -0.25) is 14.6 Å². The largest absolute Gasteiger partial charge is 0.492 e. The third-order valence-electron chi connectivity index (χ3n) is 9.02. The molecule has 4 aromatic rings. The Labute approximate surface area is 265 Å². The van der Waals surface area contributed by atoms with Gasteiger partial charge in [0.15, 0.2) is 0 Å². The van der Waals surface area contributed by atoms with E-state index in [4.69, 9.17) is 9.47 Å². The lowest BCUT2D eigenvalue weighted by molar-refractivity contribution is 0.0574. The van der Waals surface area contributed by atoms with Gasteiger partial charge in [-0.05, 0) is 75.9 Å². The van der Waals surface area contributed by atoms with Gasteiger partial charge in [0.05, 0.1) is 17.2 Å². The number of fused-ring (bicyclic) bond motifs is 3. The zero-order valence-corrected chi connectivity index (χ0v) is 26.7. The average molecular weight is 613 g/mol. The molecule has 2 bridgehead atoms. The van der Waals surface area contributed by atoms with Crippen LogP contribution in [0.15, 0.2) is 72.9 Å². The van der Waals surface area contributed by atoms with Crippen LogP contribution in [0, 0.1) is 12.7 Å². The number of carbonyl (C=O) groups is 1. The van der Waals surface area contributed by atoms with E-state index in [1.807, 2.05) is 50.4 Å². The van der Waals surface area contributed by atoms with Crippen LogP contribution in [0.2, 0.25) is 0 Å². The highest BCUT2D eigenvalue weighted by atomic mass is 19.1. The fraction of sp³-hybridized carbons (Fsp3) is 0.432. The van der Waals surface area contributed by atoms with Crippen molar-refractivity contribution in [2.45, 2.75) is 71.3 Å². The van der Waals surface area contributed by atoms with Crippen LogP contribution in [0.3, 0.4) is 0 Å².